The Morgan fingerprint density at radius 1 is 1.31 bits per heavy atom. The van der Waals surface area contributed by atoms with E-state index in [0.717, 1.165) is 12.2 Å². The minimum absolute atomic E-state index is 0.485. The molecule has 1 unspecified atom stereocenters. The fourth-order valence-electron chi connectivity index (χ4n) is 1.90. The molecular weight excluding hydrogens is 160 g/mol. The fraction of sp³-hybridized carbons (Fsp3) is 0.417. The molecule has 1 aliphatic carbocycles. The monoisotopic (exact) mass is 174 g/mol. The third-order valence-corrected chi connectivity index (χ3v) is 2.77. The maximum Gasteiger partial charge on any atom is 0.120 e. The second kappa shape index (κ2) is 3.73. The minimum Gasteiger partial charge on any atom is -0.303 e. The summed E-state index contributed by atoms with van der Waals surface area (Å²) in [6, 6.07) is 10.4. The first-order chi connectivity index (χ1) is 6.42. The van der Waals surface area contributed by atoms with Gasteiger partial charge in [-0.25, -0.2) is 0 Å². The Balaban J connectivity index is 2.14. The van der Waals surface area contributed by atoms with Crippen molar-refractivity contribution < 1.29 is 4.79 Å². The van der Waals surface area contributed by atoms with Gasteiger partial charge in [-0.05, 0) is 30.2 Å². The van der Waals surface area contributed by atoms with Gasteiger partial charge in [-0.1, -0.05) is 30.3 Å². The summed E-state index contributed by atoms with van der Waals surface area (Å²) in [5, 5.41) is 0. The van der Waals surface area contributed by atoms with Gasteiger partial charge in [-0.15, -0.1) is 0 Å². The summed E-state index contributed by atoms with van der Waals surface area (Å²) in [6.07, 6.45) is 4.34. The average molecular weight is 174 g/mol. The molecule has 1 aromatic rings. The van der Waals surface area contributed by atoms with E-state index in [4.69, 9.17) is 0 Å². The molecule has 0 aromatic heterocycles. The van der Waals surface area contributed by atoms with E-state index in [1.54, 1.807) is 0 Å². The van der Waals surface area contributed by atoms with Gasteiger partial charge >= 0.3 is 0 Å². The third kappa shape index (κ3) is 1.97. The van der Waals surface area contributed by atoms with Crippen molar-refractivity contribution in [2.24, 2.45) is 5.92 Å². The van der Waals surface area contributed by atoms with Gasteiger partial charge < -0.3 is 4.79 Å². The van der Waals surface area contributed by atoms with Crippen LogP contribution < -0.4 is 0 Å². The molecule has 1 aromatic carbocycles. The lowest BCUT2D eigenvalue weighted by molar-refractivity contribution is -0.108. The normalized spacial score (nSPS) is 18.2. The van der Waals surface area contributed by atoms with Crippen molar-refractivity contribution >= 4 is 6.29 Å². The highest BCUT2D eigenvalue weighted by Gasteiger charge is 2.31. The van der Waals surface area contributed by atoms with Gasteiger partial charge in [0.2, 0.25) is 0 Å². The largest absolute Gasteiger partial charge is 0.303 e. The summed E-state index contributed by atoms with van der Waals surface area (Å²) in [5.74, 6) is 1.26. The first-order valence-corrected chi connectivity index (χ1v) is 4.90. The second-order valence-corrected chi connectivity index (χ2v) is 3.76. The molecule has 2 rings (SSSR count). The fourth-order valence-corrected chi connectivity index (χ4v) is 1.90. The Kier molecular flexibility index (Phi) is 2.44. The van der Waals surface area contributed by atoms with Gasteiger partial charge in [-0.3, -0.25) is 0 Å². The minimum atomic E-state index is 0.485. The van der Waals surface area contributed by atoms with Crippen molar-refractivity contribution in [1.29, 1.82) is 0 Å². The Labute approximate surface area is 78.8 Å². The van der Waals surface area contributed by atoms with E-state index in [9.17, 15) is 4.79 Å². The van der Waals surface area contributed by atoms with E-state index in [-0.39, 0.29) is 0 Å². The molecule has 1 heteroatoms. The molecule has 1 saturated carbocycles. The molecular formula is C12H14O. The molecule has 1 aliphatic rings. The molecule has 68 valence electrons. The van der Waals surface area contributed by atoms with Gasteiger partial charge in [-0.2, -0.15) is 0 Å². The molecule has 0 N–H and O–H groups in total. The summed E-state index contributed by atoms with van der Waals surface area (Å²) in [4.78, 5) is 10.5. The number of carbonyl (C=O) groups is 1. The van der Waals surface area contributed by atoms with E-state index in [1.807, 2.05) is 6.07 Å². The Bertz CT molecular complexity index is 274. The van der Waals surface area contributed by atoms with Crippen LogP contribution in [-0.4, -0.2) is 6.29 Å². The van der Waals surface area contributed by atoms with Crippen LogP contribution in [-0.2, 0) is 4.79 Å². The molecule has 0 saturated heterocycles. The van der Waals surface area contributed by atoms with Crippen molar-refractivity contribution in [1.82, 2.24) is 0 Å². The zero-order chi connectivity index (χ0) is 9.10. The molecule has 0 bridgehead atoms. The van der Waals surface area contributed by atoms with Crippen LogP contribution in [0.4, 0.5) is 0 Å². The standard InChI is InChI=1S/C12H14O/c13-9-8-12(11-6-7-11)10-4-2-1-3-5-10/h1-5,9,11-12H,6-8H2. The van der Waals surface area contributed by atoms with Crippen LogP contribution in [0.1, 0.15) is 30.7 Å². The molecule has 0 radical (unpaired) electrons. The van der Waals surface area contributed by atoms with Crippen LogP contribution in [0.5, 0.6) is 0 Å². The van der Waals surface area contributed by atoms with Crippen LogP contribution in [0.2, 0.25) is 0 Å². The predicted molar refractivity (Wildman–Crippen MR) is 52.6 cm³/mol. The van der Waals surface area contributed by atoms with Crippen LogP contribution in [0.25, 0.3) is 0 Å². The average Bonchev–Trinajstić information content (AvgIpc) is 2.99. The summed E-state index contributed by atoms with van der Waals surface area (Å²) in [7, 11) is 0. The second-order valence-electron chi connectivity index (χ2n) is 3.76. The van der Waals surface area contributed by atoms with Crippen molar-refractivity contribution in [2.45, 2.75) is 25.2 Å². The van der Waals surface area contributed by atoms with Crippen molar-refractivity contribution in [3.8, 4) is 0 Å². The molecule has 0 aliphatic heterocycles. The predicted octanol–water partition coefficient (Wildman–Crippen LogP) is 2.77. The maximum atomic E-state index is 10.5. The highest BCUT2D eigenvalue weighted by atomic mass is 16.1. The lowest BCUT2D eigenvalue weighted by atomic mass is 9.92. The first kappa shape index (κ1) is 8.49. The Morgan fingerprint density at radius 2 is 2.00 bits per heavy atom. The summed E-state index contributed by atoms with van der Waals surface area (Å²) >= 11 is 0. The molecule has 1 nitrogen and oxygen atoms in total. The first-order valence-electron chi connectivity index (χ1n) is 4.90. The van der Waals surface area contributed by atoms with Crippen LogP contribution in [0, 0.1) is 5.92 Å². The summed E-state index contributed by atoms with van der Waals surface area (Å²) in [5.41, 5.74) is 1.33. The molecule has 0 heterocycles. The van der Waals surface area contributed by atoms with E-state index in [2.05, 4.69) is 24.3 Å². The van der Waals surface area contributed by atoms with Crippen molar-refractivity contribution in [3.05, 3.63) is 35.9 Å². The maximum absolute atomic E-state index is 10.5. The number of hydrogen-bond donors (Lipinski definition) is 0. The van der Waals surface area contributed by atoms with Crippen LogP contribution >= 0.6 is 0 Å². The number of carbonyl (C=O) groups excluding carboxylic acids is 1. The van der Waals surface area contributed by atoms with E-state index < -0.39 is 0 Å². The SMILES string of the molecule is O=CCC(c1ccccc1)C1CC1. The van der Waals surface area contributed by atoms with E-state index in [1.165, 1.54) is 18.4 Å². The third-order valence-electron chi connectivity index (χ3n) is 2.77. The lowest BCUT2D eigenvalue weighted by Crippen LogP contribution is -2.01. The van der Waals surface area contributed by atoms with Crippen molar-refractivity contribution in [2.75, 3.05) is 0 Å². The highest BCUT2D eigenvalue weighted by molar-refractivity contribution is 5.52. The number of aldehydes is 1. The molecule has 0 amide bonds. The van der Waals surface area contributed by atoms with E-state index >= 15 is 0 Å². The topological polar surface area (TPSA) is 17.1 Å². The smallest absolute Gasteiger partial charge is 0.120 e. The quantitative estimate of drug-likeness (QED) is 0.641. The number of benzene rings is 1. The van der Waals surface area contributed by atoms with Gasteiger partial charge in [0, 0.05) is 6.42 Å². The van der Waals surface area contributed by atoms with E-state index in [0.29, 0.717) is 12.3 Å². The van der Waals surface area contributed by atoms with Crippen molar-refractivity contribution in [3.63, 3.8) is 0 Å². The number of rotatable bonds is 4. The Morgan fingerprint density at radius 3 is 2.54 bits per heavy atom. The zero-order valence-corrected chi connectivity index (χ0v) is 7.65. The molecule has 1 atom stereocenters. The van der Waals surface area contributed by atoms with Gasteiger partial charge in [0.25, 0.3) is 0 Å². The molecule has 0 spiro atoms. The van der Waals surface area contributed by atoms with Crippen LogP contribution in [0.3, 0.4) is 0 Å². The molecule has 1 fully saturated rings. The lowest BCUT2D eigenvalue weighted by Gasteiger charge is -2.12. The van der Waals surface area contributed by atoms with Crippen LogP contribution in [0.15, 0.2) is 30.3 Å². The van der Waals surface area contributed by atoms with Gasteiger partial charge in [0.15, 0.2) is 0 Å². The Hall–Kier alpha value is -1.11. The highest BCUT2D eigenvalue weighted by Crippen LogP contribution is 2.43. The van der Waals surface area contributed by atoms with Gasteiger partial charge in [0.1, 0.15) is 6.29 Å². The summed E-state index contributed by atoms with van der Waals surface area (Å²) < 4.78 is 0. The summed E-state index contributed by atoms with van der Waals surface area (Å²) in [6.45, 7) is 0. The van der Waals surface area contributed by atoms with Gasteiger partial charge in [0.05, 0.1) is 0 Å². The molecule has 13 heavy (non-hydrogen) atoms. The number of hydrogen-bond acceptors (Lipinski definition) is 1. The zero-order valence-electron chi connectivity index (χ0n) is 7.65.